The van der Waals surface area contributed by atoms with E-state index in [1.165, 1.54) is 31.4 Å². The number of fused-ring (bicyclic) bond motifs is 3. The Bertz CT molecular complexity index is 1970. The minimum Gasteiger partial charge on any atom is -0.508 e. The zero-order chi connectivity index (χ0) is 34.5. The molecule has 2 aromatic heterocycles. The number of nitrogens with zero attached hydrogens (tertiary/aromatic N) is 3. The number of aromatic hydroxyl groups is 1. The van der Waals surface area contributed by atoms with E-state index in [2.05, 4.69) is 21.2 Å². The first-order valence-corrected chi connectivity index (χ1v) is 16.7. The summed E-state index contributed by atoms with van der Waals surface area (Å²) >= 11 is 0. The fraction of sp³-hybridized carbons (Fsp3) is 0.486. The fourth-order valence-electron chi connectivity index (χ4n) is 8.20. The molecule has 49 heavy (non-hydrogen) atoms. The molecule has 0 spiro atoms. The van der Waals surface area contributed by atoms with E-state index in [0.29, 0.717) is 23.7 Å². The molecule has 7 rings (SSSR count). The van der Waals surface area contributed by atoms with E-state index in [9.17, 15) is 19.7 Å². The van der Waals surface area contributed by atoms with E-state index in [1.54, 1.807) is 6.92 Å². The highest BCUT2D eigenvalue weighted by atomic mass is 19.1. The van der Waals surface area contributed by atoms with E-state index < -0.39 is 29.3 Å². The van der Waals surface area contributed by atoms with Gasteiger partial charge in [0.2, 0.25) is 5.88 Å². The van der Waals surface area contributed by atoms with Crippen molar-refractivity contribution in [3.63, 3.8) is 0 Å². The maximum atomic E-state index is 17.2. The summed E-state index contributed by atoms with van der Waals surface area (Å²) in [5.74, 6) is 0.0255. The SMILES string of the molecule is C#Cc1c(F)ccc2cc(O)cc(-c3nc(OC)c4c(C5C[C@H](CO)OC[C@@](C)(O)C5)nc(OC[C@@]56CCCN[C@@H]5CCC6)nc4c3F)c12. The molecule has 12 heteroatoms. The molecule has 258 valence electrons. The van der Waals surface area contributed by atoms with Crippen LogP contribution >= 0.6 is 0 Å². The van der Waals surface area contributed by atoms with Gasteiger partial charge in [0, 0.05) is 28.3 Å². The van der Waals surface area contributed by atoms with Gasteiger partial charge < -0.3 is 34.8 Å². The number of halogens is 2. The summed E-state index contributed by atoms with van der Waals surface area (Å²) in [6, 6.07) is 5.58. The smallest absolute Gasteiger partial charge is 0.317 e. The van der Waals surface area contributed by atoms with Gasteiger partial charge in [0.15, 0.2) is 5.82 Å². The molecule has 4 N–H and O–H groups in total. The molecule has 10 nitrogen and oxygen atoms in total. The number of benzene rings is 2. The maximum absolute atomic E-state index is 17.2. The number of piperidine rings is 1. The number of aliphatic hydroxyl groups is 2. The van der Waals surface area contributed by atoms with Gasteiger partial charge in [-0.05, 0) is 75.6 Å². The lowest BCUT2D eigenvalue weighted by atomic mass is 9.76. The Morgan fingerprint density at radius 2 is 1.96 bits per heavy atom. The maximum Gasteiger partial charge on any atom is 0.317 e. The van der Waals surface area contributed by atoms with Crippen LogP contribution in [-0.4, -0.2) is 81.5 Å². The van der Waals surface area contributed by atoms with E-state index in [1.807, 2.05) is 0 Å². The van der Waals surface area contributed by atoms with Crippen molar-refractivity contribution in [2.45, 2.75) is 75.5 Å². The van der Waals surface area contributed by atoms with Crippen LogP contribution < -0.4 is 14.8 Å². The highest BCUT2D eigenvalue weighted by molar-refractivity contribution is 6.03. The molecule has 1 saturated carbocycles. The van der Waals surface area contributed by atoms with Gasteiger partial charge >= 0.3 is 6.01 Å². The highest BCUT2D eigenvalue weighted by Gasteiger charge is 2.45. The van der Waals surface area contributed by atoms with Gasteiger partial charge in [-0.2, -0.15) is 9.97 Å². The molecule has 4 aromatic rings. The zero-order valence-electron chi connectivity index (χ0n) is 27.6. The van der Waals surface area contributed by atoms with Crippen LogP contribution in [0, 0.1) is 29.4 Å². The molecule has 5 atom stereocenters. The average Bonchev–Trinajstić information content (AvgIpc) is 3.45. The molecule has 1 aliphatic carbocycles. The molecule has 0 radical (unpaired) electrons. The Morgan fingerprint density at radius 3 is 2.73 bits per heavy atom. The normalized spacial score (nSPS) is 27.1. The second-order valence-electron chi connectivity index (χ2n) is 14.0. The highest BCUT2D eigenvalue weighted by Crippen LogP contribution is 2.46. The van der Waals surface area contributed by atoms with Crippen molar-refractivity contribution in [1.29, 1.82) is 0 Å². The summed E-state index contributed by atoms with van der Waals surface area (Å²) in [6.07, 6.45) is 10.7. The van der Waals surface area contributed by atoms with Gasteiger partial charge in [-0.1, -0.05) is 18.4 Å². The summed E-state index contributed by atoms with van der Waals surface area (Å²) in [5, 5.41) is 36.3. The molecular formula is C37H40F2N4O6. The molecule has 3 aliphatic rings. The van der Waals surface area contributed by atoms with Gasteiger partial charge in [-0.3, -0.25) is 0 Å². The number of pyridine rings is 1. The van der Waals surface area contributed by atoms with E-state index in [0.717, 1.165) is 38.6 Å². The molecule has 2 aliphatic heterocycles. The Morgan fingerprint density at radius 1 is 1.14 bits per heavy atom. The number of nitrogens with one attached hydrogen (secondary N) is 1. The van der Waals surface area contributed by atoms with Crippen molar-refractivity contribution in [2.24, 2.45) is 5.41 Å². The van der Waals surface area contributed by atoms with Gasteiger partial charge in [0.25, 0.3) is 0 Å². The lowest BCUT2D eigenvalue weighted by Gasteiger charge is -2.39. The molecular weight excluding hydrogens is 634 g/mol. The number of terminal acetylenes is 1. The quantitative estimate of drug-likeness (QED) is 0.195. The van der Waals surface area contributed by atoms with Crippen molar-refractivity contribution in [3.05, 3.63) is 47.2 Å². The summed E-state index contributed by atoms with van der Waals surface area (Å²) in [5.41, 5.74) is -1.54. The largest absolute Gasteiger partial charge is 0.508 e. The van der Waals surface area contributed by atoms with E-state index in [-0.39, 0.29) is 82.2 Å². The summed E-state index contributed by atoms with van der Waals surface area (Å²) < 4.78 is 50.1. The van der Waals surface area contributed by atoms with Gasteiger partial charge in [-0.15, -0.1) is 6.42 Å². The topological polar surface area (TPSA) is 139 Å². The molecule has 0 amide bonds. The van der Waals surface area contributed by atoms with Crippen molar-refractivity contribution < 1.29 is 38.3 Å². The standard InChI is InChI=1S/C37H40F2N4O6/c1-4-24-26(38)9-8-20-13-22(45)15-25(28(20)24)32-30(39)33-29(34(41-32)47-3)31(21-14-23(17-44)48-18-36(2,46)16-21)42-35(43-33)49-19-37-10-5-7-27(37)40-12-6-11-37/h1,8-9,13,15,21,23,27,40,44-46H,5-7,10-12,14,16-19H2,2-3H3/t21?,23-,27-,36+,37-/m1/s1. The Labute approximate surface area is 282 Å². The van der Waals surface area contributed by atoms with Crippen LogP contribution in [0.25, 0.3) is 32.9 Å². The third-order valence-corrected chi connectivity index (χ3v) is 10.5. The number of hydrogen-bond acceptors (Lipinski definition) is 10. The average molecular weight is 675 g/mol. The van der Waals surface area contributed by atoms with Gasteiger partial charge in [0.1, 0.15) is 22.8 Å². The van der Waals surface area contributed by atoms with E-state index in [4.69, 9.17) is 25.6 Å². The van der Waals surface area contributed by atoms with Crippen LogP contribution in [0.1, 0.15) is 69.0 Å². The number of methoxy groups -OCH3 is 1. The molecule has 3 fully saturated rings. The Balaban J connectivity index is 1.45. The monoisotopic (exact) mass is 674 g/mol. The first kappa shape index (κ1) is 33.4. The second kappa shape index (κ2) is 12.9. The minimum atomic E-state index is -1.29. The number of hydrogen-bond donors (Lipinski definition) is 4. The number of ether oxygens (including phenoxy) is 3. The van der Waals surface area contributed by atoms with Gasteiger partial charge in [-0.25, -0.2) is 13.8 Å². The first-order valence-electron chi connectivity index (χ1n) is 16.7. The fourth-order valence-corrected chi connectivity index (χ4v) is 8.20. The number of phenols is 1. The summed E-state index contributed by atoms with van der Waals surface area (Å²) in [4.78, 5) is 14.0. The number of rotatable bonds is 7. The Hall–Kier alpha value is -4.15. The lowest BCUT2D eigenvalue weighted by Crippen LogP contribution is -2.49. The van der Waals surface area contributed by atoms with Gasteiger partial charge in [0.05, 0.1) is 55.3 Å². The molecule has 2 aromatic carbocycles. The third kappa shape index (κ3) is 6.03. The molecule has 4 heterocycles. The van der Waals surface area contributed by atoms with Crippen LogP contribution in [-0.2, 0) is 4.74 Å². The van der Waals surface area contributed by atoms with E-state index >= 15 is 4.39 Å². The van der Waals surface area contributed by atoms with Crippen molar-refractivity contribution in [1.82, 2.24) is 20.3 Å². The number of aliphatic hydroxyl groups excluding tert-OH is 1. The minimum absolute atomic E-state index is 0.00938. The second-order valence-corrected chi connectivity index (χ2v) is 14.0. The zero-order valence-corrected chi connectivity index (χ0v) is 27.6. The van der Waals surface area contributed by atoms with Crippen LogP contribution in [0.2, 0.25) is 0 Å². The summed E-state index contributed by atoms with van der Waals surface area (Å²) in [7, 11) is 1.38. The van der Waals surface area contributed by atoms with Crippen LogP contribution in [0.4, 0.5) is 8.78 Å². The number of phenolic OH excluding ortho intramolecular Hbond substituents is 1. The van der Waals surface area contributed by atoms with Crippen molar-refractivity contribution in [2.75, 3.05) is 33.5 Å². The predicted octanol–water partition coefficient (Wildman–Crippen LogP) is 5.13. The van der Waals surface area contributed by atoms with Crippen molar-refractivity contribution in [3.8, 4) is 41.2 Å². The van der Waals surface area contributed by atoms with Crippen LogP contribution in [0.15, 0.2) is 24.3 Å². The lowest BCUT2D eigenvalue weighted by molar-refractivity contribution is -0.0614. The molecule has 2 saturated heterocycles. The predicted molar refractivity (Wildman–Crippen MR) is 179 cm³/mol. The van der Waals surface area contributed by atoms with Crippen molar-refractivity contribution >= 4 is 21.7 Å². The Kier molecular flexibility index (Phi) is 8.81. The first-order chi connectivity index (χ1) is 23.6. The number of aromatic nitrogens is 3. The summed E-state index contributed by atoms with van der Waals surface area (Å²) in [6.45, 7) is 2.62. The van der Waals surface area contributed by atoms with Crippen LogP contribution in [0.3, 0.4) is 0 Å². The molecule has 0 bridgehead atoms. The van der Waals surface area contributed by atoms with Crippen LogP contribution in [0.5, 0.6) is 17.6 Å². The third-order valence-electron chi connectivity index (χ3n) is 10.5. The molecule has 1 unspecified atom stereocenters.